The lowest BCUT2D eigenvalue weighted by atomic mass is 9.89. The number of aromatic amines is 1. The van der Waals surface area contributed by atoms with Crippen molar-refractivity contribution in [1.82, 2.24) is 19.7 Å². The average Bonchev–Trinajstić information content (AvgIpc) is 3.59. The summed E-state index contributed by atoms with van der Waals surface area (Å²) >= 11 is 6.51. The Balaban J connectivity index is 1.36. The topological polar surface area (TPSA) is 76.7 Å². The first-order valence-electron chi connectivity index (χ1n) is 12.7. The first-order valence-corrected chi connectivity index (χ1v) is 13.1. The van der Waals surface area contributed by atoms with Gasteiger partial charge in [-0.05, 0) is 78.1 Å². The molecule has 2 aliphatic rings. The number of H-pyrrole nitrogens is 1. The smallest absolute Gasteiger partial charge is 0.323 e. The molecule has 3 aromatic carbocycles. The van der Waals surface area contributed by atoms with E-state index in [1.54, 1.807) is 0 Å². The first-order chi connectivity index (χ1) is 18.1. The van der Waals surface area contributed by atoms with Gasteiger partial charge in [-0.25, -0.2) is 9.78 Å². The zero-order valence-electron chi connectivity index (χ0n) is 20.4. The van der Waals surface area contributed by atoms with E-state index >= 15 is 0 Å². The van der Waals surface area contributed by atoms with Gasteiger partial charge in [0.15, 0.2) is 5.82 Å². The minimum absolute atomic E-state index is 0.461. The summed E-state index contributed by atoms with van der Waals surface area (Å²) in [6.45, 7) is 2.74. The van der Waals surface area contributed by atoms with Gasteiger partial charge in [-0.15, -0.1) is 0 Å². The normalized spacial score (nSPS) is 16.4. The fourth-order valence-electron chi connectivity index (χ4n) is 5.64. The number of imidazole rings is 1. The van der Waals surface area contributed by atoms with Gasteiger partial charge in [0.05, 0.1) is 10.5 Å². The quantitative estimate of drug-likeness (QED) is 0.306. The van der Waals surface area contributed by atoms with Crippen LogP contribution in [0.15, 0.2) is 70.0 Å². The molecule has 0 saturated heterocycles. The predicted octanol–water partition coefficient (Wildman–Crippen LogP) is 6.37. The molecule has 0 radical (unpaired) electrons. The lowest BCUT2D eigenvalue weighted by Crippen LogP contribution is -2.06. The SMILES string of the molecule is C/C(=C1/c2ccccc2CCc2cc(Cn3c(C4CC4)nc4c(Cl)cccc43)ccc21)c1noc(=O)[nH]1. The van der Waals surface area contributed by atoms with Crippen LogP contribution in [0.4, 0.5) is 0 Å². The number of hydrogen-bond donors (Lipinski definition) is 1. The molecule has 5 aromatic rings. The maximum atomic E-state index is 11.7. The van der Waals surface area contributed by atoms with E-state index in [1.807, 2.05) is 19.1 Å². The van der Waals surface area contributed by atoms with Gasteiger partial charge in [-0.1, -0.05) is 65.3 Å². The highest BCUT2D eigenvalue weighted by Crippen LogP contribution is 2.42. The van der Waals surface area contributed by atoms with Crippen molar-refractivity contribution in [3.05, 3.63) is 116 Å². The van der Waals surface area contributed by atoms with Crippen molar-refractivity contribution in [2.75, 3.05) is 0 Å². The Labute approximate surface area is 218 Å². The zero-order valence-corrected chi connectivity index (χ0v) is 21.2. The third-order valence-corrected chi connectivity index (χ3v) is 7.91. The number of hydrogen-bond acceptors (Lipinski definition) is 4. The molecular weight excluding hydrogens is 484 g/mol. The minimum atomic E-state index is -0.549. The van der Waals surface area contributed by atoms with Crippen LogP contribution in [-0.4, -0.2) is 19.7 Å². The molecule has 184 valence electrons. The van der Waals surface area contributed by atoms with Crippen LogP contribution in [0.25, 0.3) is 22.2 Å². The van der Waals surface area contributed by atoms with Crippen molar-refractivity contribution >= 4 is 33.8 Å². The Kier molecular flexibility index (Phi) is 5.18. The van der Waals surface area contributed by atoms with E-state index in [4.69, 9.17) is 21.1 Å². The van der Waals surface area contributed by atoms with Gasteiger partial charge in [0.25, 0.3) is 0 Å². The molecule has 0 spiro atoms. The maximum Gasteiger partial charge on any atom is 0.439 e. The molecule has 0 bridgehead atoms. The summed E-state index contributed by atoms with van der Waals surface area (Å²) in [6.07, 6.45) is 4.23. The van der Waals surface area contributed by atoms with Crippen molar-refractivity contribution in [2.24, 2.45) is 0 Å². The molecule has 7 heteroatoms. The fourth-order valence-corrected chi connectivity index (χ4v) is 5.85. The Morgan fingerprint density at radius 3 is 2.68 bits per heavy atom. The monoisotopic (exact) mass is 508 g/mol. The molecule has 2 aromatic heterocycles. The number of rotatable bonds is 4. The van der Waals surface area contributed by atoms with Crippen molar-refractivity contribution in [1.29, 1.82) is 0 Å². The largest absolute Gasteiger partial charge is 0.439 e. The summed E-state index contributed by atoms with van der Waals surface area (Å²) in [5.74, 6) is 1.56. The molecule has 1 fully saturated rings. The van der Waals surface area contributed by atoms with Crippen LogP contribution in [0.3, 0.4) is 0 Å². The number of para-hydroxylation sites is 1. The second-order valence-electron chi connectivity index (χ2n) is 10.0. The zero-order chi connectivity index (χ0) is 25.1. The van der Waals surface area contributed by atoms with Gasteiger partial charge < -0.3 is 4.57 Å². The molecule has 37 heavy (non-hydrogen) atoms. The molecule has 7 rings (SSSR count). The Morgan fingerprint density at radius 2 is 1.86 bits per heavy atom. The fraction of sp³-hybridized carbons (Fsp3) is 0.233. The van der Waals surface area contributed by atoms with Crippen LogP contribution in [0.1, 0.15) is 65.1 Å². The van der Waals surface area contributed by atoms with Gasteiger partial charge in [0, 0.05) is 18.0 Å². The lowest BCUT2D eigenvalue weighted by Gasteiger charge is -2.16. The number of allylic oxidation sites excluding steroid dienone is 1. The van der Waals surface area contributed by atoms with Gasteiger partial charge in [0.1, 0.15) is 11.3 Å². The molecule has 6 nitrogen and oxygen atoms in total. The highest BCUT2D eigenvalue weighted by Gasteiger charge is 2.30. The molecule has 2 aliphatic carbocycles. The number of halogens is 1. The maximum absolute atomic E-state index is 11.7. The van der Waals surface area contributed by atoms with Crippen LogP contribution < -0.4 is 5.76 Å². The van der Waals surface area contributed by atoms with Crippen molar-refractivity contribution in [2.45, 2.75) is 45.1 Å². The van der Waals surface area contributed by atoms with Crippen molar-refractivity contribution in [3.8, 4) is 0 Å². The third-order valence-electron chi connectivity index (χ3n) is 7.60. The van der Waals surface area contributed by atoms with E-state index in [2.05, 4.69) is 63.2 Å². The summed E-state index contributed by atoms with van der Waals surface area (Å²) in [5.41, 5.74) is 10.1. The van der Waals surface area contributed by atoms with Crippen LogP contribution in [0, 0.1) is 0 Å². The minimum Gasteiger partial charge on any atom is -0.323 e. The molecule has 0 atom stereocenters. The Hall–Kier alpha value is -3.90. The van der Waals surface area contributed by atoms with Gasteiger partial charge >= 0.3 is 5.76 Å². The van der Waals surface area contributed by atoms with Crippen molar-refractivity contribution in [3.63, 3.8) is 0 Å². The predicted molar refractivity (Wildman–Crippen MR) is 145 cm³/mol. The number of nitrogens with zero attached hydrogens (tertiary/aromatic N) is 3. The number of aryl methyl sites for hydroxylation is 2. The number of benzene rings is 3. The number of aromatic nitrogens is 4. The summed E-state index contributed by atoms with van der Waals surface area (Å²) in [5, 5.41) is 4.68. The highest BCUT2D eigenvalue weighted by atomic mass is 35.5. The summed E-state index contributed by atoms with van der Waals surface area (Å²) in [6, 6.07) is 21.3. The molecule has 1 saturated carbocycles. The summed E-state index contributed by atoms with van der Waals surface area (Å²) < 4.78 is 7.17. The Bertz CT molecular complexity index is 1770. The van der Waals surface area contributed by atoms with Crippen LogP contribution >= 0.6 is 11.6 Å². The third kappa shape index (κ3) is 3.83. The van der Waals surface area contributed by atoms with Crippen LogP contribution in [0.2, 0.25) is 5.02 Å². The molecule has 0 amide bonds. The van der Waals surface area contributed by atoms with Gasteiger partial charge in [0.2, 0.25) is 0 Å². The molecule has 1 N–H and O–H groups in total. The van der Waals surface area contributed by atoms with Crippen molar-refractivity contribution < 1.29 is 4.52 Å². The van der Waals surface area contributed by atoms with E-state index in [0.29, 0.717) is 16.8 Å². The molecule has 0 unspecified atom stereocenters. The second kappa shape index (κ2) is 8.60. The lowest BCUT2D eigenvalue weighted by molar-refractivity contribution is 0.385. The van der Waals surface area contributed by atoms with E-state index in [-0.39, 0.29) is 0 Å². The first kappa shape index (κ1) is 22.3. The standard InChI is InChI=1S/C30H25ClN4O2/c1-17(28-33-30(36)37-34-28)26-22-6-3-2-5-19(22)10-13-21-15-18(9-14-23(21)26)16-35-25-8-4-7-24(31)27(25)32-29(35)20-11-12-20/h2-9,14-15,20H,10-13,16H2,1H3,(H,33,34,36)/b26-17+. The second-order valence-corrected chi connectivity index (χ2v) is 10.4. The van der Waals surface area contributed by atoms with E-state index in [0.717, 1.165) is 53.0 Å². The van der Waals surface area contributed by atoms with Crippen LogP contribution in [0.5, 0.6) is 0 Å². The van der Waals surface area contributed by atoms with Gasteiger partial charge in [-0.2, -0.15) is 0 Å². The summed E-state index contributed by atoms with van der Waals surface area (Å²) in [4.78, 5) is 19.4. The summed E-state index contributed by atoms with van der Waals surface area (Å²) in [7, 11) is 0. The van der Waals surface area contributed by atoms with Gasteiger partial charge in [-0.3, -0.25) is 9.51 Å². The average molecular weight is 509 g/mol. The Morgan fingerprint density at radius 1 is 1.05 bits per heavy atom. The number of fused-ring (bicyclic) bond motifs is 3. The molecule has 2 heterocycles. The molecular formula is C30H25ClN4O2. The van der Waals surface area contributed by atoms with E-state index in [1.165, 1.54) is 35.1 Å². The van der Waals surface area contributed by atoms with E-state index < -0.39 is 5.76 Å². The highest BCUT2D eigenvalue weighted by molar-refractivity contribution is 6.34. The van der Waals surface area contributed by atoms with E-state index in [9.17, 15) is 4.79 Å². The number of nitrogens with one attached hydrogen (secondary N) is 1. The molecule has 0 aliphatic heterocycles. The van der Waals surface area contributed by atoms with Crippen LogP contribution in [-0.2, 0) is 19.4 Å².